The Bertz CT molecular complexity index is 906. The van der Waals surface area contributed by atoms with E-state index in [0.717, 1.165) is 11.0 Å². The number of carbonyl (C=O) groups is 1. The van der Waals surface area contributed by atoms with Crippen LogP contribution in [0, 0.1) is 0 Å². The van der Waals surface area contributed by atoms with Crippen LogP contribution in [0.25, 0.3) is 11.0 Å². The van der Waals surface area contributed by atoms with E-state index < -0.39 is 5.25 Å². The summed E-state index contributed by atoms with van der Waals surface area (Å²) in [6, 6.07) is 11.7. The van der Waals surface area contributed by atoms with Crippen molar-refractivity contribution in [3.8, 4) is 11.5 Å². The number of rotatable bonds is 5. The molecule has 8 heteroatoms. The minimum Gasteiger partial charge on any atom is -0.508 e. The zero-order valence-electron chi connectivity index (χ0n) is 13.3. The first-order valence-corrected chi connectivity index (χ1v) is 8.37. The van der Waals surface area contributed by atoms with Gasteiger partial charge in [0.05, 0.1) is 22.5 Å². The van der Waals surface area contributed by atoms with Crippen molar-refractivity contribution >= 4 is 34.9 Å². The van der Waals surface area contributed by atoms with Gasteiger partial charge in [0.1, 0.15) is 11.5 Å². The molecule has 0 unspecified atom stereocenters. The number of imidazole rings is 1. The quantitative estimate of drug-likeness (QED) is 0.319. The predicted octanol–water partition coefficient (Wildman–Crippen LogP) is 2.60. The summed E-state index contributed by atoms with van der Waals surface area (Å²) in [5.41, 5.74) is 4.57. The number of nitrogens with one attached hydrogen (secondary N) is 2. The fraction of sp³-hybridized carbons (Fsp3) is 0.118. The van der Waals surface area contributed by atoms with Crippen molar-refractivity contribution in [1.29, 1.82) is 0 Å². The van der Waals surface area contributed by atoms with Gasteiger partial charge < -0.3 is 15.2 Å². The highest BCUT2D eigenvalue weighted by molar-refractivity contribution is 8.00. The molecule has 1 aromatic heterocycles. The van der Waals surface area contributed by atoms with Gasteiger partial charge in [0.25, 0.3) is 5.91 Å². The zero-order valence-corrected chi connectivity index (χ0v) is 14.1. The maximum absolute atomic E-state index is 12.1. The molecule has 0 aliphatic carbocycles. The van der Waals surface area contributed by atoms with Gasteiger partial charge in [-0.15, -0.1) is 0 Å². The predicted molar refractivity (Wildman–Crippen MR) is 96.9 cm³/mol. The number of benzene rings is 2. The summed E-state index contributed by atoms with van der Waals surface area (Å²) >= 11 is 1.29. The molecule has 3 aromatic rings. The molecule has 0 aliphatic rings. The van der Waals surface area contributed by atoms with Crippen LogP contribution in [0.3, 0.4) is 0 Å². The number of hydrogen-bond acceptors (Lipinski definition) is 6. The molecule has 0 aliphatic heterocycles. The average Bonchev–Trinajstić information content (AvgIpc) is 2.98. The number of aromatic nitrogens is 2. The number of nitrogens with zero attached hydrogens (tertiary/aromatic N) is 2. The molecule has 1 atom stereocenters. The molecule has 7 nitrogen and oxygen atoms in total. The standard InChI is InChI=1S/C17H16N4O3S/c1-10(25-17-19-13-4-2-3-5-14(13)20-17)16(24)21-18-9-11-6-7-12(22)8-15(11)23/h2-10,22-23H,1H3,(H,19,20)(H,21,24)/b18-9+/t10-/m0/s1. The van der Waals surface area contributed by atoms with Crippen LogP contribution in [-0.4, -0.2) is 37.6 Å². The van der Waals surface area contributed by atoms with Crippen molar-refractivity contribution in [3.05, 3.63) is 48.0 Å². The highest BCUT2D eigenvalue weighted by Crippen LogP contribution is 2.23. The molecular weight excluding hydrogens is 340 g/mol. The topological polar surface area (TPSA) is 111 Å². The lowest BCUT2D eigenvalue weighted by molar-refractivity contribution is -0.120. The Kier molecular flexibility index (Phi) is 4.90. The number of hydrogen-bond donors (Lipinski definition) is 4. The number of H-pyrrole nitrogens is 1. The number of hydrazone groups is 1. The Balaban J connectivity index is 1.59. The van der Waals surface area contributed by atoms with E-state index in [1.165, 1.54) is 36.2 Å². The lowest BCUT2D eigenvalue weighted by Gasteiger charge is -2.07. The van der Waals surface area contributed by atoms with Crippen molar-refractivity contribution in [2.45, 2.75) is 17.3 Å². The van der Waals surface area contributed by atoms with Gasteiger partial charge in [0.2, 0.25) is 0 Å². The Morgan fingerprint density at radius 1 is 1.32 bits per heavy atom. The number of carbonyl (C=O) groups excluding carboxylic acids is 1. The number of fused-ring (bicyclic) bond motifs is 1. The van der Waals surface area contributed by atoms with E-state index in [4.69, 9.17) is 0 Å². The Labute approximate surface area is 147 Å². The molecule has 0 spiro atoms. The maximum atomic E-state index is 12.1. The number of aromatic amines is 1. The summed E-state index contributed by atoms with van der Waals surface area (Å²) in [5.74, 6) is -0.461. The molecule has 0 bridgehead atoms. The van der Waals surface area contributed by atoms with E-state index in [1.807, 2.05) is 24.3 Å². The summed E-state index contributed by atoms with van der Waals surface area (Å²) in [6.45, 7) is 1.75. The summed E-state index contributed by atoms with van der Waals surface area (Å²) in [6.07, 6.45) is 1.31. The van der Waals surface area contributed by atoms with Crippen LogP contribution in [0.15, 0.2) is 52.7 Å². The molecular formula is C17H16N4O3S. The summed E-state index contributed by atoms with van der Waals surface area (Å²) in [4.78, 5) is 19.7. The molecule has 4 N–H and O–H groups in total. The van der Waals surface area contributed by atoms with E-state index in [1.54, 1.807) is 6.92 Å². The fourth-order valence-electron chi connectivity index (χ4n) is 2.10. The van der Waals surface area contributed by atoms with Crippen molar-refractivity contribution in [1.82, 2.24) is 15.4 Å². The van der Waals surface area contributed by atoms with Gasteiger partial charge in [-0.25, -0.2) is 10.4 Å². The van der Waals surface area contributed by atoms with Gasteiger partial charge >= 0.3 is 0 Å². The van der Waals surface area contributed by atoms with Gasteiger partial charge in [-0.1, -0.05) is 23.9 Å². The third-order valence-corrected chi connectivity index (χ3v) is 4.40. The van der Waals surface area contributed by atoms with E-state index in [2.05, 4.69) is 20.5 Å². The Hall–Kier alpha value is -3.00. The third-order valence-electron chi connectivity index (χ3n) is 3.42. The molecule has 25 heavy (non-hydrogen) atoms. The maximum Gasteiger partial charge on any atom is 0.253 e. The first-order valence-electron chi connectivity index (χ1n) is 7.49. The second-order valence-electron chi connectivity index (χ2n) is 5.30. The van der Waals surface area contributed by atoms with E-state index in [9.17, 15) is 15.0 Å². The second-order valence-corrected chi connectivity index (χ2v) is 6.63. The highest BCUT2D eigenvalue weighted by Gasteiger charge is 2.16. The summed E-state index contributed by atoms with van der Waals surface area (Å²) in [5, 5.41) is 23.0. The summed E-state index contributed by atoms with van der Waals surface area (Å²) < 4.78 is 0. The van der Waals surface area contributed by atoms with Crippen LogP contribution in [0.2, 0.25) is 0 Å². The van der Waals surface area contributed by atoms with Gasteiger partial charge in [-0.2, -0.15) is 5.10 Å². The van der Waals surface area contributed by atoms with E-state index >= 15 is 0 Å². The molecule has 1 heterocycles. The van der Waals surface area contributed by atoms with Crippen molar-refractivity contribution in [2.24, 2.45) is 5.10 Å². The number of phenolic OH excluding ortho intramolecular Hbond substituents is 2. The lowest BCUT2D eigenvalue weighted by Crippen LogP contribution is -2.26. The number of amides is 1. The van der Waals surface area contributed by atoms with Crippen molar-refractivity contribution < 1.29 is 15.0 Å². The van der Waals surface area contributed by atoms with Crippen molar-refractivity contribution in [3.63, 3.8) is 0 Å². The first-order chi connectivity index (χ1) is 12.0. The van der Waals surface area contributed by atoms with Gasteiger partial charge in [-0.05, 0) is 31.2 Å². The van der Waals surface area contributed by atoms with E-state index in [-0.39, 0.29) is 17.4 Å². The monoisotopic (exact) mass is 356 g/mol. The van der Waals surface area contributed by atoms with Crippen LogP contribution < -0.4 is 5.43 Å². The fourth-order valence-corrected chi connectivity index (χ4v) is 2.92. The zero-order chi connectivity index (χ0) is 17.8. The lowest BCUT2D eigenvalue weighted by atomic mass is 10.2. The molecule has 0 fully saturated rings. The Morgan fingerprint density at radius 3 is 2.88 bits per heavy atom. The summed E-state index contributed by atoms with van der Waals surface area (Å²) in [7, 11) is 0. The molecule has 128 valence electrons. The second kappa shape index (κ2) is 7.27. The minimum absolute atomic E-state index is 0.0467. The number of aromatic hydroxyl groups is 2. The number of thioether (sulfide) groups is 1. The van der Waals surface area contributed by atoms with Crippen LogP contribution in [0.1, 0.15) is 12.5 Å². The van der Waals surface area contributed by atoms with Gasteiger partial charge in [-0.3, -0.25) is 4.79 Å². The average molecular weight is 356 g/mol. The minimum atomic E-state index is -0.411. The van der Waals surface area contributed by atoms with Crippen LogP contribution in [-0.2, 0) is 4.79 Å². The first kappa shape index (κ1) is 16.8. The van der Waals surface area contributed by atoms with E-state index in [0.29, 0.717) is 10.7 Å². The molecule has 0 radical (unpaired) electrons. The van der Waals surface area contributed by atoms with Crippen molar-refractivity contribution in [2.75, 3.05) is 0 Å². The molecule has 0 saturated carbocycles. The molecule has 2 aromatic carbocycles. The molecule has 3 rings (SSSR count). The molecule has 0 saturated heterocycles. The van der Waals surface area contributed by atoms with Gasteiger partial charge in [0.15, 0.2) is 5.16 Å². The number of para-hydroxylation sites is 2. The number of phenols is 2. The largest absolute Gasteiger partial charge is 0.508 e. The SMILES string of the molecule is C[C@H](Sc1nc2ccccc2[nH]1)C(=O)N/N=C/c1ccc(O)cc1O. The molecule has 1 amide bonds. The third kappa shape index (κ3) is 4.10. The van der Waals surface area contributed by atoms with Crippen LogP contribution in [0.4, 0.5) is 0 Å². The highest BCUT2D eigenvalue weighted by atomic mass is 32.2. The van der Waals surface area contributed by atoms with Gasteiger partial charge in [0, 0.05) is 11.6 Å². The van der Waals surface area contributed by atoms with Crippen LogP contribution >= 0.6 is 11.8 Å². The smallest absolute Gasteiger partial charge is 0.253 e. The normalized spacial score (nSPS) is 12.5. The Morgan fingerprint density at radius 2 is 2.12 bits per heavy atom. The van der Waals surface area contributed by atoms with Crippen LogP contribution in [0.5, 0.6) is 11.5 Å².